The largest absolute Gasteiger partial charge is 0.388 e. The Hall–Kier alpha value is -1.20. The van der Waals surface area contributed by atoms with Crippen LogP contribution in [0, 0.1) is 0 Å². The van der Waals surface area contributed by atoms with Gasteiger partial charge in [0.25, 0.3) is 0 Å². The van der Waals surface area contributed by atoms with Crippen molar-refractivity contribution in [1.82, 2.24) is 14.8 Å². The van der Waals surface area contributed by atoms with Crippen molar-refractivity contribution in [3.8, 4) is 0 Å². The third-order valence-corrected chi connectivity index (χ3v) is 2.95. The summed E-state index contributed by atoms with van der Waals surface area (Å²) in [5, 5.41) is 18.6. The molecule has 2 aromatic heterocycles. The second-order valence-corrected chi connectivity index (χ2v) is 3.96. The van der Waals surface area contributed by atoms with Crippen LogP contribution in [0.1, 0.15) is 10.7 Å². The quantitative estimate of drug-likeness (QED) is 0.819. The third kappa shape index (κ3) is 2.00. The molecule has 0 aliphatic carbocycles. The van der Waals surface area contributed by atoms with Gasteiger partial charge in [0.2, 0.25) is 0 Å². The van der Waals surface area contributed by atoms with Gasteiger partial charge in [-0.1, -0.05) is 6.07 Å². The first-order chi connectivity index (χ1) is 6.90. The second kappa shape index (κ2) is 4.34. The average molecular weight is 209 g/mol. The molecule has 0 bridgehead atoms. The standard InChI is InChI=1S/C9H11N3OS/c13-6-9-11-10-7-12(9)4-3-8-2-1-5-14-8/h1-2,5,7,13H,3-4,6H2. The van der Waals surface area contributed by atoms with E-state index in [0.29, 0.717) is 5.82 Å². The molecule has 0 saturated heterocycles. The number of aromatic nitrogens is 3. The predicted molar refractivity (Wildman–Crippen MR) is 54.0 cm³/mol. The first-order valence-electron chi connectivity index (χ1n) is 4.40. The van der Waals surface area contributed by atoms with Crippen molar-refractivity contribution in [1.29, 1.82) is 0 Å². The summed E-state index contributed by atoms with van der Waals surface area (Å²) in [5.41, 5.74) is 0. The van der Waals surface area contributed by atoms with E-state index in [9.17, 15) is 0 Å². The summed E-state index contributed by atoms with van der Waals surface area (Å²) < 4.78 is 1.87. The first kappa shape index (κ1) is 9.36. The summed E-state index contributed by atoms with van der Waals surface area (Å²) >= 11 is 1.74. The van der Waals surface area contributed by atoms with Crippen LogP contribution in [0.15, 0.2) is 23.8 Å². The summed E-state index contributed by atoms with van der Waals surface area (Å²) in [6, 6.07) is 4.15. The molecule has 0 amide bonds. The Balaban J connectivity index is 1.98. The summed E-state index contributed by atoms with van der Waals surface area (Å²) in [4.78, 5) is 1.34. The van der Waals surface area contributed by atoms with Gasteiger partial charge in [0.05, 0.1) is 0 Å². The zero-order chi connectivity index (χ0) is 9.80. The Morgan fingerprint density at radius 1 is 1.50 bits per heavy atom. The number of thiophene rings is 1. The molecule has 2 rings (SSSR count). The Kier molecular flexibility index (Phi) is 2.90. The topological polar surface area (TPSA) is 50.9 Å². The first-order valence-corrected chi connectivity index (χ1v) is 5.28. The molecule has 14 heavy (non-hydrogen) atoms. The molecule has 0 aromatic carbocycles. The Morgan fingerprint density at radius 3 is 3.14 bits per heavy atom. The Morgan fingerprint density at radius 2 is 2.43 bits per heavy atom. The van der Waals surface area contributed by atoms with E-state index < -0.39 is 0 Å². The monoisotopic (exact) mass is 209 g/mol. The number of rotatable bonds is 4. The number of aryl methyl sites for hydroxylation is 2. The van der Waals surface area contributed by atoms with E-state index in [1.165, 1.54) is 4.88 Å². The molecule has 0 unspecified atom stereocenters. The van der Waals surface area contributed by atoms with E-state index in [1.807, 2.05) is 10.6 Å². The van der Waals surface area contributed by atoms with Gasteiger partial charge in [-0.3, -0.25) is 0 Å². The SMILES string of the molecule is OCc1nncn1CCc1cccs1. The molecular weight excluding hydrogens is 198 g/mol. The fraction of sp³-hybridized carbons (Fsp3) is 0.333. The summed E-state index contributed by atoms with van der Waals surface area (Å²) in [6.45, 7) is 0.772. The maximum Gasteiger partial charge on any atom is 0.158 e. The zero-order valence-electron chi connectivity index (χ0n) is 7.63. The fourth-order valence-electron chi connectivity index (χ4n) is 1.27. The lowest BCUT2D eigenvalue weighted by atomic mass is 10.3. The van der Waals surface area contributed by atoms with E-state index in [2.05, 4.69) is 21.6 Å². The van der Waals surface area contributed by atoms with Gasteiger partial charge >= 0.3 is 0 Å². The molecule has 2 aromatic rings. The predicted octanol–water partition coefficient (Wildman–Crippen LogP) is 1.07. The van der Waals surface area contributed by atoms with Crippen LogP contribution in [0.25, 0.3) is 0 Å². The van der Waals surface area contributed by atoms with Crippen LogP contribution in [-0.4, -0.2) is 19.9 Å². The molecule has 74 valence electrons. The lowest BCUT2D eigenvalue weighted by molar-refractivity contribution is 0.264. The van der Waals surface area contributed by atoms with E-state index in [0.717, 1.165) is 13.0 Å². The molecule has 0 aliphatic heterocycles. The van der Waals surface area contributed by atoms with Gasteiger partial charge in [-0.2, -0.15) is 0 Å². The van der Waals surface area contributed by atoms with Crippen LogP contribution in [0.2, 0.25) is 0 Å². The van der Waals surface area contributed by atoms with E-state index in [1.54, 1.807) is 17.7 Å². The van der Waals surface area contributed by atoms with Crippen LogP contribution in [0.4, 0.5) is 0 Å². The molecule has 0 fully saturated rings. The summed E-state index contributed by atoms with van der Waals surface area (Å²) in [5.74, 6) is 0.626. The van der Waals surface area contributed by atoms with Crippen molar-refractivity contribution in [3.63, 3.8) is 0 Å². The van der Waals surface area contributed by atoms with Crippen molar-refractivity contribution in [2.75, 3.05) is 0 Å². The van der Waals surface area contributed by atoms with Crippen LogP contribution in [0.3, 0.4) is 0 Å². The Bertz CT molecular complexity index is 382. The van der Waals surface area contributed by atoms with Gasteiger partial charge < -0.3 is 9.67 Å². The minimum atomic E-state index is -0.0512. The second-order valence-electron chi connectivity index (χ2n) is 2.93. The molecule has 2 heterocycles. The van der Waals surface area contributed by atoms with Crippen LogP contribution < -0.4 is 0 Å². The van der Waals surface area contributed by atoms with Crippen molar-refractivity contribution >= 4 is 11.3 Å². The van der Waals surface area contributed by atoms with Crippen molar-refractivity contribution in [2.24, 2.45) is 0 Å². The average Bonchev–Trinajstić information content (AvgIpc) is 2.85. The van der Waals surface area contributed by atoms with Gasteiger partial charge in [-0.05, 0) is 17.9 Å². The van der Waals surface area contributed by atoms with Crippen molar-refractivity contribution < 1.29 is 5.11 Å². The minimum absolute atomic E-state index is 0.0512. The lowest BCUT2D eigenvalue weighted by Crippen LogP contribution is -2.04. The third-order valence-electron chi connectivity index (χ3n) is 2.02. The van der Waals surface area contributed by atoms with Gasteiger partial charge in [0, 0.05) is 11.4 Å². The van der Waals surface area contributed by atoms with E-state index >= 15 is 0 Å². The normalized spacial score (nSPS) is 10.6. The molecular formula is C9H11N3OS. The van der Waals surface area contributed by atoms with Gasteiger partial charge in [-0.15, -0.1) is 21.5 Å². The minimum Gasteiger partial charge on any atom is -0.388 e. The Labute approximate surface area is 85.8 Å². The van der Waals surface area contributed by atoms with Crippen LogP contribution >= 0.6 is 11.3 Å². The highest BCUT2D eigenvalue weighted by Gasteiger charge is 2.02. The number of aliphatic hydroxyl groups excluding tert-OH is 1. The summed E-state index contributed by atoms with van der Waals surface area (Å²) in [6.07, 6.45) is 2.61. The smallest absolute Gasteiger partial charge is 0.158 e. The number of hydrogen-bond acceptors (Lipinski definition) is 4. The van der Waals surface area contributed by atoms with E-state index in [4.69, 9.17) is 5.11 Å². The van der Waals surface area contributed by atoms with Crippen LogP contribution in [-0.2, 0) is 19.6 Å². The molecule has 0 saturated carbocycles. The molecule has 1 N–H and O–H groups in total. The van der Waals surface area contributed by atoms with Crippen molar-refractivity contribution in [3.05, 3.63) is 34.5 Å². The molecule has 0 radical (unpaired) electrons. The number of nitrogens with zero attached hydrogens (tertiary/aromatic N) is 3. The van der Waals surface area contributed by atoms with E-state index in [-0.39, 0.29) is 6.61 Å². The molecule has 5 heteroatoms. The van der Waals surface area contributed by atoms with Gasteiger partial charge in [0.1, 0.15) is 12.9 Å². The van der Waals surface area contributed by atoms with Gasteiger partial charge in [0.15, 0.2) is 5.82 Å². The molecule has 0 atom stereocenters. The number of hydrogen-bond donors (Lipinski definition) is 1. The van der Waals surface area contributed by atoms with Crippen LogP contribution in [0.5, 0.6) is 0 Å². The highest BCUT2D eigenvalue weighted by atomic mass is 32.1. The molecule has 0 spiro atoms. The number of aliphatic hydroxyl groups is 1. The molecule has 4 nitrogen and oxygen atoms in total. The molecule has 0 aliphatic rings. The fourth-order valence-corrected chi connectivity index (χ4v) is 1.97. The lowest BCUT2D eigenvalue weighted by Gasteiger charge is -2.02. The maximum atomic E-state index is 8.94. The zero-order valence-corrected chi connectivity index (χ0v) is 8.44. The van der Waals surface area contributed by atoms with Crippen molar-refractivity contribution in [2.45, 2.75) is 19.6 Å². The summed E-state index contributed by atoms with van der Waals surface area (Å²) in [7, 11) is 0. The highest BCUT2D eigenvalue weighted by Crippen LogP contribution is 2.10. The highest BCUT2D eigenvalue weighted by molar-refractivity contribution is 7.09. The maximum absolute atomic E-state index is 8.94. The van der Waals surface area contributed by atoms with Gasteiger partial charge in [-0.25, -0.2) is 0 Å².